The maximum Gasteiger partial charge on any atom is 0.350 e. The smallest absolute Gasteiger partial charge is 0.206 e. The number of halogens is 2. The third-order valence-electron chi connectivity index (χ3n) is 1.41. The molecule has 1 unspecified atom stereocenters. The highest BCUT2D eigenvalue weighted by Crippen LogP contribution is 2.11. The van der Waals surface area contributed by atoms with Crippen LogP contribution in [0.5, 0.6) is 0 Å². The summed E-state index contributed by atoms with van der Waals surface area (Å²) in [5.41, 5.74) is 0. The summed E-state index contributed by atoms with van der Waals surface area (Å²) < 4.78 is 45.8. The lowest BCUT2D eigenvalue weighted by molar-refractivity contribution is 0.221. The standard InChI is InChI=1S/C6H10F2N2O2S/c1-5(3-9)4-10(2)13(11,12)6(7)8/h5-6H,4H2,1-2H3. The van der Waals surface area contributed by atoms with Crippen LogP contribution in [-0.2, 0) is 10.0 Å². The topological polar surface area (TPSA) is 61.2 Å². The number of sulfonamides is 1. The van der Waals surface area contributed by atoms with Gasteiger partial charge in [-0.2, -0.15) is 18.3 Å². The van der Waals surface area contributed by atoms with Crippen LogP contribution in [0.15, 0.2) is 0 Å². The van der Waals surface area contributed by atoms with E-state index in [0.717, 1.165) is 7.05 Å². The summed E-state index contributed by atoms with van der Waals surface area (Å²) >= 11 is 0. The van der Waals surface area contributed by atoms with Crippen LogP contribution in [0.25, 0.3) is 0 Å². The van der Waals surface area contributed by atoms with Crippen molar-refractivity contribution in [2.45, 2.75) is 12.7 Å². The summed E-state index contributed by atoms with van der Waals surface area (Å²) in [5, 5.41) is 8.33. The molecule has 0 aromatic rings. The molecule has 0 bridgehead atoms. The van der Waals surface area contributed by atoms with Crippen molar-refractivity contribution in [1.29, 1.82) is 5.26 Å². The SMILES string of the molecule is CC(C#N)CN(C)S(=O)(=O)C(F)F. The van der Waals surface area contributed by atoms with E-state index in [0.29, 0.717) is 4.31 Å². The molecule has 0 aromatic carbocycles. The fraction of sp³-hybridized carbons (Fsp3) is 0.833. The molecule has 0 aliphatic carbocycles. The van der Waals surface area contributed by atoms with Gasteiger partial charge >= 0.3 is 5.76 Å². The first-order chi connectivity index (χ1) is 5.82. The van der Waals surface area contributed by atoms with Gasteiger partial charge < -0.3 is 0 Å². The highest BCUT2D eigenvalue weighted by molar-refractivity contribution is 7.89. The average Bonchev–Trinajstić information content (AvgIpc) is 2.03. The number of hydrogen-bond acceptors (Lipinski definition) is 3. The molecule has 0 rings (SSSR count). The molecular formula is C6H10F2N2O2S. The summed E-state index contributed by atoms with van der Waals surface area (Å²) in [4.78, 5) is 0. The number of rotatable bonds is 4. The fourth-order valence-corrected chi connectivity index (χ4v) is 1.37. The number of hydrogen-bond donors (Lipinski definition) is 0. The normalized spacial score (nSPS) is 14.5. The van der Waals surface area contributed by atoms with Crippen LogP contribution >= 0.6 is 0 Å². The Hall–Kier alpha value is -0.740. The van der Waals surface area contributed by atoms with E-state index in [4.69, 9.17) is 5.26 Å². The van der Waals surface area contributed by atoms with E-state index in [2.05, 4.69) is 0 Å². The lowest BCUT2D eigenvalue weighted by Crippen LogP contribution is -2.34. The summed E-state index contributed by atoms with van der Waals surface area (Å²) in [6.45, 7) is 1.24. The molecule has 0 aromatic heterocycles. The zero-order chi connectivity index (χ0) is 10.6. The molecule has 0 saturated heterocycles. The molecule has 0 saturated carbocycles. The molecule has 7 heteroatoms. The Morgan fingerprint density at radius 2 is 2.00 bits per heavy atom. The third-order valence-corrected chi connectivity index (χ3v) is 2.88. The van der Waals surface area contributed by atoms with E-state index in [1.807, 2.05) is 0 Å². The Labute approximate surface area is 75.8 Å². The molecule has 0 radical (unpaired) electrons. The van der Waals surface area contributed by atoms with Gasteiger partial charge in [-0.1, -0.05) is 0 Å². The molecule has 0 N–H and O–H groups in total. The second-order valence-electron chi connectivity index (χ2n) is 2.62. The van der Waals surface area contributed by atoms with Gasteiger partial charge in [-0.3, -0.25) is 0 Å². The van der Waals surface area contributed by atoms with Gasteiger partial charge in [0.05, 0.1) is 12.0 Å². The second-order valence-corrected chi connectivity index (χ2v) is 4.63. The summed E-state index contributed by atoms with van der Waals surface area (Å²) in [6.07, 6.45) is 0. The first-order valence-electron chi connectivity index (χ1n) is 3.45. The number of nitrogens with zero attached hydrogens (tertiary/aromatic N) is 2. The zero-order valence-electron chi connectivity index (χ0n) is 7.24. The summed E-state index contributed by atoms with van der Waals surface area (Å²) in [5.74, 6) is -4.03. The molecule has 13 heavy (non-hydrogen) atoms. The first-order valence-corrected chi connectivity index (χ1v) is 4.95. The third kappa shape index (κ3) is 3.24. The molecule has 0 fully saturated rings. The van der Waals surface area contributed by atoms with Gasteiger partial charge in [-0.15, -0.1) is 0 Å². The minimum atomic E-state index is -4.53. The maximum atomic E-state index is 11.9. The lowest BCUT2D eigenvalue weighted by atomic mass is 10.2. The lowest BCUT2D eigenvalue weighted by Gasteiger charge is -2.16. The van der Waals surface area contributed by atoms with Crippen molar-refractivity contribution in [3.8, 4) is 6.07 Å². The van der Waals surface area contributed by atoms with Crippen molar-refractivity contribution >= 4 is 10.0 Å². The number of alkyl halides is 2. The molecule has 0 heterocycles. The number of nitriles is 1. The van der Waals surface area contributed by atoms with Crippen molar-refractivity contribution < 1.29 is 17.2 Å². The van der Waals surface area contributed by atoms with Crippen LogP contribution in [0.1, 0.15) is 6.92 Å². The predicted octanol–water partition coefficient (Wildman–Crippen LogP) is 0.630. The van der Waals surface area contributed by atoms with E-state index in [-0.39, 0.29) is 6.54 Å². The van der Waals surface area contributed by atoms with E-state index < -0.39 is 21.7 Å². The largest absolute Gasteiger partial charge is 0.350 e. The van der Waals surface area contributed by atoms with Crippen molar-refractivity contribution in [1.82, 2.24) is 4.31 Å². The Morgan fingerprint density at radius 1 is 1.54 bits per heavy atom. The van der Waals surface area contributed by atoms with Gasteiger partial charge in [-0.25, -0.2) is 8.42 Å². The van der Waals surface area contributed by atoms with Gasteiger partial charge in [0.2, 0.25) is 0 Å². The molecule has 0 aliphatic rings. The quantitative estimate of drug-likeness (QED) is 0.686. The van der Waals surface area contributed by atoms with Crippen LogP contribution in [0.4, 0.5) is 8.78 Å². The first kappa shape index (κ1) is 12.3. The Balaban J connectivity index is 4.46. The highest BCUT2D eigenvalue weighted by atomic mass is 32.2. The van der Waals surface area contributed by atoms with E-state index in [1.54, 1.807) is 6.07 Å². The van der Waals surface area contributed by atoms with E-state index in [9.17, 15) is 17.2 Å². The van der Waals surface area contributed by atoms with Gasteiger partial charge in [-0.05, 0) is 6.92 Å². The molecule has 1 atom stereocenters. The maximum absolute atomic E-state index is 11.9. The van der Waals surface area contributed by atoms with Gasteiger partial charge in [0.15, 0.2) is 0 Å². The molecule has 0 amide bonds. The average molecular weight is 212 g/mol. The molecule has 0 aliphatic heterocycles. The Bertz CT molecular complexity index is 296. The predicted molar refractivity (Wildman–Crippen MR) is 42.3 cm³/mol. The van der Waals surface area contributed by atoms with Gasteiger partial charge in [0.25, 0.3) is 10.0 Å². The van der Waals surface area contributed by atoms with Crippen LogP contribution < -0.4 is 0 Å². The molecule has 4 nitrogen and oxygen atoms in total. The monoisotopic (exact) mass is 212 g/mol. The Morgan fingerprint density at radius 3 is 2.31 bits per heavy atom. The second kappa shape index (κ2) is 4.48. The highest BCUT2D eigenvalue weighted by Gasteiger charge is 2.29. The Kier molecular flexibility index (Phi) is 4.23. The van der Waals surface area contributed by atoms with E-state index >= 15 is 0 Å². The van der Waals surface area contributed by atoms with E-state index in [1.165, 1.54) is 6.92 Å². The van der Waals surface area contributed by atoms with Crippen molar-refractivity contribution in [3.63, 3.8) is 0 Å². The van der Waals surface area contributed by atoms with Gasteiger partial charge in [0.1, 0.15) is 0 Å². The fourth-order valence-electron chi connectivity index (χ4n) is 0.666. The molecular weight excluding hydrogens is 202 g/mol. The van der Waals surface area contributed by atoms with Crippen molar-refractivity contribution in [3.05, 3.63) is 0 Å². The minimum absolute atomic E-state index is 0.219. The van der Waals surface area contributed by atoms with Crippen molar-refractivity contribution in [2.75, 3.05) is 13.6 Å². The molecule has 76 valence electrons. The minimum Gasteiger partial charge on any atom is -0.206 e. The van der Waals surface area contributed by atoms with Gasteiger partial charge in [0, 0.05) is 13.6 Å². The zero-order valence-corrected chi connectivity index (χ0v) is 8.05. The summed E-state index contributed by atoms with van der Waals surface area (Å²) in [6, 6.07) is 1.76. The summed E-state index contributed by atoms with van der Waals surface area (Å²) in [7, 11) is -3.51. The van der Waals surface area contributed by atoms with Crippen LogP contribution in [0, 0.1) is 17.2 Å². The molecule has 0 spiro atoms. The van der Waals surface area contributed by atoms with Crippen molar-refractivity contribution in [2.24, 2.45) is 5.92 Å². The van der Waals surface area contributed by atoms with Crippen LogP contribution in [0.2, 0.25) is 0 Å². The van der Waals surface area contributed by atoms with Crippen LogP contribution in [0.3, 0.4) is 0 Å². The van der Waals surface area contributed by atoms with Crippen LogP contribution in [-0.4, -0.2) is 32.1 Å².